The van der Waals surface area contributed by atoms with Crippen molar-refractivity contribution in [3.05, 3.63) is 126 Å². The SMILES string of the molecule is Cc1ccccc1[C@@H](C(=O)NCc1ccccc1)N(Cc1ccco1)C(=O)c1ccccn1. The molecule has 0 saturated heterocycles. The molecule has 1 N–H and O–H groups in total. The molecule has 6 heteroatoms. The van der Waals surface area contributed by atoms with Gasteiger partial charge in [0, 0.05) is 12.7 Å². The molecule has 0 unspecified atom stereocenters. The van der Waals surface area contributed by atoms with E-state index in [9.17, 15) is 9.59 Å². The van der Waals surface area contributed by atoms with Crippen molar-refractivity contribution in [2.24, 2.45) is 0 Å². The van der Waals surface area contributed by atoms with Gasteiger partial charge < -0.3 is 14.6 Å². The summed E-state index contributed by atoms with van der Waals surface area (Å²) in [6, 6.07) is 25.1. The molecule has 2 amide bonds. The van der Waals surface area contributed by atoms with E-state index >= 15 is 0 Å². The number of benzene rings is 2. The summed E-state index contributed by atoms with van der Waals surface area (Å²) < 4.78 is 5.53. The van der Waals surface area contributed by atoms with Gasteiger partial charge in [0.15, 0.2) is 0 Å². The number of furan rings is 1. The highest BCUT2D eigenvalue weighted by Gasteiger charge is 2.34. The first-order valence-corrected chi connectivity index (χ1v) is 10.7. The number of nitrogens with zero attached hydrogens (tertiary/aromatic N) is 2. The van der Waals surface area contributed by atoms with Crippen LogP contribution in [-0.2, 0) is 17.9 Å². The lowest BCUT2D eigenvalue weighted by atomic mass is 9.98. The van der Waals surface area contributed by atoms with Gasteiger partial charge in [-0.05, 0) is 47.9 Å². The lowest BCUT2D eigenvalue weighted by Gasteiger charge is -2.31. The van der Waals surface area contributed by atoms with Crippen LogP contribution in [0.1, 0.15) is 39.0 Å². The number of carbonyl (C=O) groups excluding carboxylic acids is 2. The molecule has 0 saturated carbocycles. The molecule has 4 aromatic rings. The van der Waals surface area contributed by atoms with Crippen molar-refractivity contribution in [1.29, 1.82) is 0 Å². The van der Waals surface area contributed by atoms with Gasteiger partial charge in [-0.3, -0.25) is 14.6 Å². The second-order valence-corrected chi connectivity index (χ2v) is 7.69. The number of rotatable bonds is 8. The van der Waals surface area contributed by atoms with E-state index in [-0.39, 0.29) is 24.1 Å². The molecule has 0 aliphatic rings. The minimum Gasteiger partial charge on any atom is -0.467 e. The third kappa shape index (κ3) is 5.36. The largest absolute Gasteiger partial charge is 0.467 e. The molecule has 6 nitrogen and oxygen atoms in total. The number of hydrogen-bond acceptors (Lipinski definition) is 4. The fourth-order valence-corrected chi connectivity index (χ4v) is 3.71. The molecule has 1 atom stereocenters. The third-order valence-corrected chi connectivity index (χ3v) is 5.40. The zero-order valence-electron chi connectivity index (χ0n) is 18.3. The van der Waals surface area contributed by atoms with Crippen LogP contribution in [0.3, 0.4) is 0 Å². The summed E-state index contributed by atoms with van der Waals surface area (Å²) >= 11 is 0. The van der Waals surface area contributed by atoms with E-state index < -0.39 is 6.04 Å². The number of aromatic nitrogens is 1. The fourth-order valence-electron chi connectivity index (χ4n) is 3.71. The maximum absolute atomic E-state index is 13.6. The summed E-state index contributed by atoms with van der Waals surface area (Å²) in [6.07, 6.45) is 3.12. The molecule has 0 aliphatic carbocycles. The second kappa shape index (κ2) is 10.4. The van der Waals surface area contributed by atoms with Gasteiger partial charge in [0.2, 0.25) is 5.91 Å². The topological polar surface area (TPSA) is 75.4 Å². The highest BCUT2D eigenvalue weighted by atomic mass is 16.3. The van der Waals surface area contributed by atoms with Crippen molar-refractivity contribution in [3.63, 3.8) is 0 Å². The molecule has 0 spiro atoms. The van der Waals surface area contributed by atoms with Gasteiger partial charge in [-0.1, -0.05) is 60.7 Å². The van der Waals surface area contributed by atoms with E-state index in [1.54, 1.807) is 42.8 Å². The van der Waals surface area contributed by atoms with Crippen LogP contribution in [0.4, 0.5) is 0 Å². The monoisotopic (exact) mass is 439 g/mol. The van der Waals surface area contributed by atoms with E-state index in [2.05, 4.69) is 10.3 Å². The molecule has 2 aromatic heterocycles. The molecule has 2 aromatic carbocycles. The van der Waals surface area contributed by atoms with E-state index in [0.717, 1.165) is 16.7 Å². The summed E-state index contributed by atoms with van der Waals surface area (Å²) in [4.78, 5) is 33.0. The Morgan fingerprint density at radius 1 is 0.939 bits per heavy atom. The van der Waals surface area contributed by atoms with Crippen LogP contribution in [0.25, 0.3) is 0 Å². The summed E-state index contributed by atoms with van der Waals surface area (Å²) in [5, 5.41) is 3.01. The number of pyridine rings is 1. The summed E-state index contributed by atoms with van der Waals surface area (Å²) in [6.45, 7) is 2.41. The van der Waals surface area contributed by atoms with Crippen LogP contribution in [0, 0.1) is 6.92 Å². The number of nitrogens with one attached hydrogen (secondary N) is 1. The predicted molar refractivity (Wildman–Crippen MR) is 125 cm³/mol. The first kappa shape index (κ1) is 22.0. The molecule has 0 bridgehead atoms. The maximum atomic E-state index is 13.6. The van der Waals surface area contributed by atoms with Crippen molar-refractivity contribution in [1.82, 2.24) is 15.2 Å². The van der Waals surface area contributed by atoms with E-state index in [0.29, 0.717) is 12.3 Å². The van der Waals surface area contributed by atoms with Gasteiger partial charge >= 0.3 is 0 Å². The van der Waals surface area contributed by atoms with Crippen molar-refractivity contribution in [2.45, 2.75) is 26.1 Å². The zero-order chi connectivity index (χ0) is 23.0. The number of aryl methyl sites for hydroxylation is 1. The Labute approximate surface area is 192 Å². The Morgan fingerprint density at radius 2 is 1.70 bits per heavy atom. The predicted octanol–water partition coefficient (Wildman–Crippen LogP) is 4.68. The van der Waals surface area contributed by atoms with Gasteiger partial charge in [0.05, 0.1) is 12.8 Å². The zero-order valence-corrected chi connectivity index (χ0v) is 18.3. The van der Waals surface area contributed by atoms with Crippen molar-refractivity contribution in [2.75, 3.05) is 0 Å². The van der Waals surface area contributed by atoms with Crippen LogP contribution >= 0.6 is 0 Å². The molecule has 0 fully saturated rings. The van der Waals surface area contributed by atoms with Gasteiger partial charge in [-0.2, -0.15) is 0 Å². The van der Waals surface area contributed by atoms with Crippen LogP contribution in [-0.4, -0.2) is 21.7 Å². The number of amides is 2. The summed E-state index contributed by atoms with van der Waals surface area (Å²) in [7, 11) is 0. The molecular formula is C27H25N3O3. The minimum absolute atomic E-state index is 0.125. The fraction of sp³-hybridized carbons (Fsp3) is 0.148. The molecule has 33 heavy (non-hydrogen) atoms. The van der Waals surface area contributed by atoms with E-state index in [1.807, 2.05) is 61.5 Å². The van der Waals surface area contributed by atoms with Gasteiger partial charge in [0.25, 0.3) is 5.91 Å². The smallest absolute Gasteiger partial charge is 0.273 e. The van der Waals surface area contributed by atoms with Crippen LogP contribution in [0.5, 0.6) is 0 Å². The van der Waals surface area contributed by atoms with Crippen molar-refractivity contribution in [3.8, 4) is 0 Å². The van der Waals surface area contributed by atoms with Crippen molar-refractivity contribution < 1.29 is 14.0 Å². The Balaban J connectivity index is 1.72. The Morgan fingerprint density at radius 3 is 2.39 bits per heavy atom. The summed E-state index contributed by atoms with van der Waals surface area (Å²) in [5.74, 6) is -0.0483. The molecule has 0 radical (unpaired) electrons. The number of hydrogen-bond donors (Lipinski definition) is 1. The van der Waals surface area contributed by atoms with Crippen LogP contribution in [0.2, 0.25) is 0 Å². The molecule has 166 valence electrons. The van der Waals surface area contributed by atoms with Crippen LogP contribution < -0.4 is 5.32 Å². The average Bonchev–Trinajstić information content (AvgIpc) is 3.37. The van der Waals surface area contributed by atoms with Crippen molar-refractivity contribution >= 4 is 11.8 Å². The Hall–Kier alpha value is -4.19. The first-order valence-electron chi connectivity index (χ1n) is 10.7. The quantitative estimate of drug-likeness (QED) is 0.432. The highest BCUT2D eigenvalue weighted by molar-refractivity contribution is 5.96. The Bertz CT molecular complexity index is 1190. The standard InChI is InChI=1S/C27H25N3O3/c1-20-10-5-6-14-23(20)25(26(31)29-18-21-11-3-2-4-12-21)30(19-22-13-9-17-33-22)27(32)24-15-7-8-16-28-24/h2-17,25H,18-19H2,1H3,(H,29,31)/t25-/m0/s1. The van der Waals surface area contributed by atoms with Gasteiger partial charge in [-0.25, -0.2) is 0 Å². The normalized spacial score (nSPS) is 11.5. The summed E-state index contributed by atoms with van der Waals surface area (Å²) in [5.41, 5.74) is 2.90. The molecular weight excluding hydrogens is 414 g/mol. The van der Waals surface area contributed by atoms with Crippen LogP contribution in [0.15, 0.2) is 102 Å². The van der Waals surface area contributed by atoms with E-state index in [1.165, 1.54) is 4.90 Å². The minimum atomic E-state index is -0.866. The highest BCUT2D eigenvalue weighted by Crippen LogP contribution is 2.28. The average molecular weight is 440 g/mol. The molecule has 2 heterocycles. The van der Waals surface area contributed by atoms with E-state index in [4.69, 9.17) is 4.42 Å². The first-order chi connectivity index (χ1) is 16.1. The Kier molecular flexibility index (Phi) is 6.95. The molecule has 0 aliphatic heterocycles. The van der Waals surface area contributed by atoms with Gasteiger partial charge in [0.1, 0.15) is 17.5 Å². The third-order valence-electron chi connectivity index (χ3n) is 5.40. The van der Waals surface area contributed by atoms with Gasteiger partial charge in [-0.15, -0.1) is 0 Å². The maximum Gasteiger partial charge on any atom is 0.273 e. The lowest BCUT2D eigenvalue weighted by Crippen LogP contribution is -2.43. The second-order valence-electron chi connectivity index (χ2n) is 7.69. The molecule has 4 rings (SSSR count). The number of carbonyl (C=O) groups is 2. The lowest BCUT2D eigenvalue weighted by molar-refractivity contribution is -0.126.